The van der Waals surface area contributed by atoms with Gasteiger partial charge in [0.1, 0.15) is 5.75 Å². The second-order valence-corrected chi connectivity index (χ2v) is 12.5. The van der Waals surface area contributed by atoms with Crippen LogP contribution in [0.3, 0.4) is 0 Å². The predicted octanol–water partition coefficient (Wildman–Crippen LogP) is 4.95. The summed E-state index contributed by atoms with van der Waals surface area (Å²) >= 11 is 0. The van der Waals surface area contributed by atoms with Gasteiger partial charge in [0.25, 0.3) is 5.91 Å². The number of allylic oxidation sites excluding steroid dienone is 1. The number of carbonyl (C=O) groups excluding carboxylic acids is 3. The monoisotopic (exact) mass is 690 g/mol. The zero-order chi connectivity index (χ0) is 36.7. The average molecular weight is 691 g/mol. The van der Waals surface area contributed by atoms with Crippen LogP contribution < -0.4 is 21.1 Å². The van der Waals surface area contributed by atoms with Gasteiger partial charge in [-0.05, 0) is 75.8 Å². The molecule has 49 heavy (non-hydrogen) atoms. The minimum atomic E-state index is -0.950. The Labute approximate surface area is 291 Å². The number of anilines is 1. The van der Waals surface area contributed by atoms with Gasteiger partial charge in [-0.25, -0.2) is 9.59 Å². The van der Waals surface area contributed by atoms with Crippen molar-refractivity contribution in [3.8, 4) is 5.75 Å². The van der Waals surface area contributed by atoms with E-state index in [0.717, 1.165) is 6.54 Å². The summed E-state index contributed by atoms with van der Waals surface area (Å²) in [6.07, 6.45) is -0.0269. The van der Waals surface area contributed by atoms with Gasteiger partial charge in [0.05, 0.1) is 24.4 Å². The Bertz CT molecular complexity index is 1290. The highest BCUT2D eigenvalue weighted by Gasteiger charge is 2.32. The fraction of sp³-hybridized carbons (Fsp3) is 0.639. The number of nitrogens with one attached hydrogen (secondary N) is 2. The van der Waals surface area contributed by atoms with Crippen LogP contribution >= 0.6 is 0 Å². The van der Waals surface area contributed by atoms with Crippen molar-refractivity contribution in [2.24, 2.45) is 17.6 Å². The highest BCUT2D eigenvalue weighted by Crippen LogP contribution is 2.35. The van der Waals surface area contributed by atoms with E-state index < -0.39 is 48.6 Å². The number of nitrogens with two attached hydrogens (primary N) is 1. The van der Waals surface area contributed by atoms with Crippen molar-refractivity contribution >= 4 is 23.8 Å². The molecule has 0 saturated carbocycles. The maximum Gasteiger partial charge on any atom is 0.415 e. The molecule has 0 radical (unpaired) electrons. The second-order valence-electron chi connectivity index (χ2n) is 12.5. The standard InChI is InChI=1S/C36H58N4O9/c1-10-38-15-16-40(11-2)36(44)48-28-20-26-19-27(21-28)39-34(42)22(3)13-12-14-29(45-7)33(49-35(37)43)24(5)17-23(4)31(41)30(46-8)18-25(6)32(26)47-9/h13,17,19-21,23,25,29-33,38,41H,10-12,14-16,18H2,1-9H3,(H2,37,43)(H,39,42)/t23-,25-,29-,30-,31+,32?,33-/m0/s1. The number of aliphatic hydroxyl groups excluding tert-OH is 1. The number of rotatable bonds is 10. The Kier molecular flexibility index (Phi) is 17.8. The van der Waals surface area contributed by atoms with Gasteiger partial charge >= 0.3 is 12.2 Å². The van der Waals surface area contributed by atoms with Crippen molar-refractivity contribution in [2.45, 2.75) is 91.3 Å². The maximum absolute atomic E-state index is 13.4. The number of nitrogens with zero attached hydrogens (tertiary/aromatic N) is 1. The molecule has 0 aromatic heterocycles. The Morgan fingerprint density at radius 3 is 2.33 bits per heavy atom. The van der Waals surface area contributed by atoms with Gasteiger partial charge in [-0.15, -0.1) is 0 Å². The van der Waals surface area contributed by atoms with Crippen molar-refractivity contribution in [3.05, 3.63) is 47.1 Å². The number of amides is 3. The summed E-state index contributed by atoms with van der Waals surface area (Å²) in [5, 5.41) is 17.6. The van der Waals surface area contributed by atoms with Crippen molar-refractivity contribution in [2.75, 3.05) is 52.8 Å². The first kappa shape index (κ1) is 41.7. The Hall–Kier alpha value is -3.49. The van der Waals surface area contributed by atoms with E-state index in [4.69, 9.17) is 29.4 Å². The van der Waals surface area contributed by atoms with Crippen molar-refractivity contribution in [3.63, 3.8) is 0 Å². The number of hydrogen-bond donors (Lipinski definition) is 4. The van der Waals surface area contributed by atoms with Crippen LogP contribution in [0.1, 0.15) is 72.5 Å². The third kappa shape index (κ3) is 12.7. The summed E-state index contributed by atoms with van der Waals surface area (Å²) in [6, 6.07) is 5.14. The third-order valence-electron chi connectivity index (χ3n) is 8.88. The van der Waals surface area contributed by atoms with Crippen LogP contribution in [0.4, 0.5) is 15.3 Å². The van der Waals surface area contributed by atoms with E-state index in [1.54, 1.807) is 57.2 Å². The van der Waals surface area contributed by atoms with Gasteiger partial charge in [-0.2, -0.15) is 0 Å². The van der Waals surface area contributed by atoms with E-state index >= 15 is 0 Å². The lowest BCUT2D eigenvalue weighted by atomic mass is 9.86. The van der Waals surface area contributed by atoms with Gasteiger partial charge in [0, 0.05) is 64.2 Å². The summed E-state index contributed by atoms with van der Waals surface area (Å²) in [7, 11) is 4.64. The number of methoxy groups -OCH3 is 3. The lowest BCUT2D eigenvalue weighted by molar-refractivity contribution is -0.112. The molecule has 0 fully saturated rings. The molecule has 7 atom stereocenters. The topological polar surface area (TPSA) is 171 Å². The van der Waals surface area contributed by atoms with Gasteiger partial charge in [-0.1, -0.05) is 32.9 Å². The fourth-order valence-electron chi connectivity index (χ4n) is 6.13. The normalized spacial score (nSPS) is 25.8. The maximum atomic E-state index is 13.4. The lowest BCUT2D eigenvalue weighted by Gasteiger charge is -2.32. The first-order chi connectivity index (χ1) is 23.3. The van der Waals surface area contributed by atoms with Gasteiger partial charge < -0.3 is 50.1 Å². The van der Waals surface area contributed by atoms with E-state index in [-0.39, 0.29) is 17.6 Å². The number of carbonyl (C=O) groups is 3. The predicted molar refractivity (Wildman–Crippen MR) is 188 cm³/mol. The summed E-state index contributed by atoms with van der Waals surface area (Å²) in [6.45, 7) is 13.6. The van der Waals surface area contributed by atoms with Crippen LogP contribution in [0.15, 0.2) is 41.5 Å². The molecule has 1 aliphatic heterocycles. The molecule has 2 bridgehead atoms. The van der Waals surface area contributed by atoms with E-state index in [1.165, 1.54) is 7.11 Å². The van der Waals surface area contributed by atoms with Crippen molar-refractivity contribution in [1.82, 2.24) is 10.2 Å². The van der Waals surface area contributed by atoms with Crippen LogP contribution in [0.25, 0.3) is 0 Å². The molecule has 1 aliphatic rings. The first-order valence-electron chi connectivity index (χ1n) is 17.0. The summed E-state index contributed by atoms with van der Waals surface area (Å²) in [5.74, 6) is -0.691. The molecule has 1 unspecified atom stereocenters. The second kappa shape index (κ2) is 20.9. The summed E-state index contributed by atoms with van der Waals surface area (Å²) in [5.41, 5.74) is 7.63. The molecule has 1 aromatic carbocycles. The molecular weight excluding hydrogens is 632 g/mol. The van der Waals surface area contributed by atoms with Gasteiger partial charge in [0.2, 0.25) is 0 Å². The smallest absolute Gasteiger partial charge is 0.415 e. The zero-order valence-electron chi connectivity index (χ0n) is 30.6. The largest absolute Gasteiger partial charge is 0.439 e. The average Bonchev–Trinajstić information content (AvgIpc) is 3.05. The minimum Gasteiger partial charge on any atom is -0.439 e. The Morgan fingerprint density at radius 1 is 1.04 bits per heavy atom. The number of benzene rings is 1. The summed E-state index contributed by atoms with van der Waals surface area (Å²) in [4.78, 5) is 40.0. The molecular formula is C36H58N4O9. The van der Waals surface area contributed by atoms with Crippen LogP contribution in [0, 0.1) is 11.8 Å². The molecule has 1 heterocycles. The SMILES string of the molecule is CCNCCN(CC)C(=O)Oc1cc2cc(c1)C(OC)[C@@H](C)C[C@H](OC)[C@H](O)[C@@H](C)C=C(C)[C@H](OC(N)=O)[C@@H](OC)CCC=C(C)C(=O)N2. The van der Waals surface area contributed by atoms with Crippen LogP contribution in [0.2, 0.25) is 0 Å². The Balaban J connectivity index is 2.61. The highest BCUT2D eigenvalue weighted by molar-refractivity contribution is 6.03. The van der Waals surface area contributed by atoms with E-state index in [0.29, 0.717) is 61.3 Å². The molecule has 13 heteroatoms. The zero-order valence-corrected chi connectivity index (χ0v) is 30.6. The molecule has 0 aliphatic carbocycles. The number of aliphatic hydroxyl groups is 1. The van der Waals surface area contributed by atoms with Gasteiger partial charge in [0.15, 0.2) is 6.10 Å². The van der Waals surface area contributed by atoms with E-state index in [9.17, 15) is 19.5 Å². The fourth-order valence-corrected chi connectivity index (χ4v) is 6.13. The van der Waals surface area contributed by atoms with Crippen molar-refractivity contribution in [1.29, 1.82) is 0 Å². The van der Waals surface area contributed by atoms with Crippen LogP contribution in [-0.2, 0) is 23.7 Å². The van der Waals surface area contributed by atoms with Crippen molar-refractivity contribution < 1.29 is 43.2 Å². The summed E-state index contributed by atoms with van der Waals surface area (Å²) < 4.78 is 28.8. The minimum absolute atomic E-state index is 0.198. The number of fused-ring (bicyclic) bond motifs is 2. The van der Waals surface area contributed by atoms with E-state index in [2.05, 4.69) is 10.6 Å². The number of primary amides is 1. The van der Waals surface area contributed by atoms with Crippen LogP contribution in [0.5, 0.6) is 5.75 Å². The molecule has 0 spiro atoms. The molecule has 0 saturated heterocycles. The molecule has 276 valence electrons. The Morgan fingerprint density at radius 2 is 1.73 bits per heavy atom. The quantitative estimate of drug-likeness (QED) is 0.195. The van der Waals surface area contributed by atoms with Crippen LogP contribution in [-0.4, -0.2) is 100 Å². The number of hydrogen-bond acceptors (Lipinski definition) is 10. The number of ether oxygens (including phenoxy) is 5. The molecule has 2 rings (SSSR count). The van der Waals surface area contributed by atoms with E-state index in [1.807, 2.05) is 33.8 Å². The molecule has 3 amide bonds. The highest BCUT2D eigenvalue weighted by atomic mass is 16.6. The molecule has 5 N–H and O–H groups in total. The lowest BCUT2D eigenvalue weighted by Crippen LogP contribution is -2.38. The molecule has 13 nitrogen and oxygen atoms in total. The molecule has 1 aromatic rings. The number of likely N-dealkylation sites (N-methyl/N-ethyl adjacent to an activating group) is 2. The van der Waals surface area contributed by atoms with Gasteiger partial charge in [-0.3, -0.25) is 4.79 Å². The first-order valence-corrected chi connectivity index (χ1v) is 17.0. The third-order valence-corrected chi connectivity index (χ3v) is 8.88.